The Morgan fingerprint density at radius 2 is 2.11 bits per heavy atom. The lowest BCUT2D eigenvalue weighted by molar-refractivity contribution is 0.285. The highest BCUT2D eigenvalue weighted by Crippen LogP contribution is 2.36. The molecule has 0 heterocycles. The van der Waals surface area contributed by atoms with Crippen LogP contribution < -0.4 is 9.47 Å². The van der Waals surface area contributed by atoms with Gasteiger partial charge in [0.15, 0.2) is 11.5 Å². The molecule has 19 heavy (non-hydrogen) atoms. The number of methoxy groups -OCH3 is 1. The van der Waals surface area contributed by atoms with Crippen LogP contribution in [0.3, 0.4) is 0 Å². The monoisotopic (exact) mass is 285 g/mol. The summed E-state index contributed by atoms with van der Waals surface area (Å²) >= 11 is 6.14. The zero-order chi connectivity index (χ0) is 14.1. The van der Waals surface area contributed by atoms with Gasteiger partial charge >= 0.3 is 0 Å². The Labute approximate surface area is 119 Å². The van der Waals surface area contributed by atoms with Gasteiger partial charge in [0, 0.05) is 5.56 Å². The van der Waals surface area contributed by atoms with Crippen LogP contribution in [-0.4, -0.2) is 25.1 Å². The van der Waals surface area contributed by atoms with E-state index in [1.54, 1.807) is 19.2 Å². The molecule has 106 valence electrons. The third-order valence-corrected chi connectivity index (χ3v) is 2.98. The van der Waals surface area contributed by atoms with Gasteiger partial charge in [0.2, 0.25) is 0 Å². The lowest BCUT2D eigenvalue weighted by atomic mass is 10.2. The van der Waals surface area contributed by atoms with Gasteiger partial charge in [0.25, 0.3) is 0 Å². The number of nitrogens with zero attached hydrogens (tertiary/aromatic N) is 1. The number of ether oxygens (including phenoxy) is 2. The molecule has 0 amide bonds. The maximum Gasteiger partial charge on any atom is 0.179 e. The van der Waals surface area contributed by atoms with Crippen LogP contribution in [0.15, 0.2) is 17.3 Å². The van der Waals surface area contributed by atoms with Gasteiger partial charge in [-0.1, -0.05) is 42.9 Å². The summed E-state index contributed by atoms with van der Waals surface area (Å²) in [6.07, 6.45) is 5.83. The fraction of sp³-hybridized carbons (Fsp3) is 0.500. The standard InChI is InChI=1S/C14H20ClNO3/c1-3-4-5-6-7-19-14-12(15)8-11(10-16-17)9-13(14)18-2/h8-10,17H,3-7H2,1-2H3/b16-10+. The van der Waals surface area contributed by atoms with E-state index in [0.29, 0.717) is 28.7 Å². The normalized spacial score (nSPS) is 10.9. The van der Waals surface area contributed by atoms with Gasteiger partial charge < -0.3 is 14.7 Å². The first-order chi connectivity index (χ1) is 9.22. The minimum absolute atomic E-state index is 0.449. The first-order valence-electron chi connectivity index (χ1n) is 6.40. The summed E-state index contributed by atoms with van der Waals surface area (Å²) < 4.78 is 10.9. The molecule has 1 N–H and O–H groups in total. The van der Waals surface area contributed by atoms with E-state index in [0.717, 1.165) is 12.8 Å². The van der Waals surface area contributed by atoms with E-state index in [-0.39, 0.29) is 0 Å². The predicted molar refractivity (Wildman–Crippen MR) is 77.0 cm³/mol. The highest BCUT2D eigenvalue weighted by Gasteiger charge is 2.11. The summed E-state index contributed by atoms with van der Waals surface area (Å²) in [5.74, 6) is 1.08. The summed E-state index contributed by atoms with van der Waals surface area (Å²) in [5.41, 5.74) is 0.655. The van der Waals surface area contributed by atoms with Crippen molar-refractivity contribution >= 4 is 17.8 Å². The predicted octanol–water partition coefficient (Wildman–Crippen LogP) is 4.12. The van der Waals surface area contributed by atoms with E-state index in [1.807, 2.05) is 0 Å². The second kappa shape index (κ2) is 8.64. The third-order valence-electron chi connectivity index (χ3n) is 2.70. The average molecular weight is 286 g/mol. The number of hydrogen-bond donors (Lipinski definition) is 1. The van der Waals surface area contributed by atoms with Crippen molar-refractivity contribution in [3.05, 3.63) is 22.7 Å². The summed E-state index contributed by atoms with van der Waals surface area (Å²) in [7, 11) is 1.55. The quantitative estimate of drug-likeness (QED) is 0.338. The largest absolute Gasteiger partial charge is 0.493 e. The third kappa shape index (κ3) is 4.99. The van der Waals surface area contributed by atoms with Crippen molar-refractivity contribution in [2.75, 3.05) is 13.7 Å². The van der Waals surface area contributed by atoms with E-state index in [4.69, 9.17) is 26.3 Å². The minimum Gasteiger partial charge on any atom is -0.493 e. The number of oxime groups is 1. The van der Waals surface area contributed by atoms with E-state index < -0.39 is 0 Å². The number of benzene rings is 1. The fourth-order valence-corrected chi connectivity index (χ4v) is 2.00. The molecule has 0 aromatic heterocycles. The molecule has 4 nitrogen and oxygen atoms in total. The highest BCUT2D eigenvalue weighted by atomic mass is 35.5. The molecular formula is C14H20ClNO3. The van der Waals surface area contributed by atoms with Crippen molar-refractivity contribution in [1.82, 2.24) is 0 Å². The van der Waals surface area contributed by atoms with Gasteiger partial charge in [-0.2, -0.15) is 0 Å². The van der Waals surface area contributed by atoms with E-state index in [9.17, 15) is 0 Å². The zero-order valence-electron chi connectivity index (χ0n) is 11.4. The molecule has 5 heteroatoms. The van der Waals surface area contributed by atoms with E-state index >= 15 is 0 Å². The molecule has 0 bridgehead atoms. The first-order valence-corrected chi connectivity index (χ1v) is 6.78. The average Bonchev–Trinajstić information content (AvgIpc) is 2.40. The summed E-state index contributed by atoms with van der Waals surface area (Å²) in [5, 5.41) is 11.9. The smallest absolute Gasteiger partial charge is 0.179 e. The van der Waals surface area contributed by atoms with Crippen molar-refractivity contribution in [2.45, 2.75) is 32.6 Å². The van der Waals surface area contributed by atoms with Crippen LogP contribution in [0.1, 0.15) is 38.2 Å². The molecule has 0 unspecified atom stereocenters. The first kappa shape index (κ1) is 15.6. The molecule has 0 atom stereocenters. The van der Waals surface area contributed by atoms with Crippen molar-refractivity contribution in [3.63, 3.8) is 0 Å². The van der Waals surface area contributed by atoms with Crippen LogP contribution in [-0.2, 0) is 0 Å². The van der Waals surface area contributed by atoms with Crippen molar-refractivity contribution in [1.29, 1.82) is 0 Å². The molecule has 0 radical (unpaired) electrons. The van der Waals surface area contributed by atoms with Gasteiger partial charge in [-0.3, -0.25) is 0 Å². The van der Waals surface area contributed by atoms with Crippen LogP contribution in [0.5, 0.6) is 11.5 Å². The second-order valence-electron chi connectivity index (χ2n) is 4.19. The van der Waals surface area contributed by atoms with Crippen molar-refractivity contribution in [3.8, 4) is 11.5 Å². The van der Waals surface area contributed by atoms with Gasteiger partial charge in [0.05, 0.1) is 25.0 Å². The van der Waals surface area contributed by atoms with Gasteiger partial charge in [-0.05, 0) is 18.6 Å². The molecule has 0 saturated heterocycles. The van der Waals surface area contributed by atoms with Crippen molar-refractivity contribution in [2.24, 2.45) is 5.16 Å². The van der Waals surface area contributed by atoms with Crippen LogP contribution >= 0.6 is 11.6 Å². The number of hydrogen-bond acceptors (Lipinski definition) is 4. The Balaban J connectivity index is 2.71. The molecule has 0 aliphatic heterocycles. The minimum atomic E-state index is 0.449. The Hall–Kier alpha value is -1.42. The summed E-state index contributed by atoms with van der Waals surface area (Å²) in [6.45, 7) is 2.78. The van der Waals surface area contributed by atoms with Crippen LogP contribution in [0.25, 0.3) is 0 Å². The molecule has 0 saturated carbocycles. The number of halogens is 1. The maximum absolute atomic E-state index is 8.52. The van der Waals surface area contributed by atoms with Gasteiger partial charge in [-0.25, -0.2) is 0 Å². The van der Waals surface area contributed by atoms with Crippen LogP contribution in [0.4, 0.5) is 0 Å². The summed E-state index contributed by atoms with van der Waals surface area (Å²) in [4.78, 5) is 0. The molecule has 0 spiro atoms. The second-order valence-corrected chi connectivity index (χ2v) is 4.60. The van der Waals surface area contributed by atoms with Gasteiger partial charge in [-0.15, -0.1) is 0 Å². The van der Waals surface area contributed by atoms with Crippen molar-refractivity contribution < 1.29 is 14.7 Å². The SMILES string of the molecule is CCCCCCOc1c(Cl)cc(/C=N/O)cc1OC. The highest BCUT2D eigenvalue weighted by molar-refractivity contribution is 6.32. The number of unbranched alkanes of at least 4 members (excludes halogenated alkanes) is 3. The topological polar surface area (TPSA) is 51.0 Å². The Bertz CT molecular complexity index is 421. The zero-order valence-corrected chi connectivity index (χ0v) is 12.1. The van der Waals surface area contributed by atoms with Crippen LogP contribution in [0.2, 0.25) is 5.02 Å². The fourth-order valence-electron chi connectivity index (χ4n) is 1.72. The Kier molecular flexibility index (Phi) is 7.11. The molecular weight excluding hydrogens is 266 g/mol. The molecule has 0 aliphatic carbocycles. The molecule has 0 fully saturated rings. The van der Waals surface area contributed by atoms with E-state index in [1.165, 1.54) is 19.1 Å². The van der Waals surface area contributed by atoms with Crippen LogP contribution in [0, 0.1) is 0 Å². The lowest BCUT2D eigenvalue weighted by Crippen LogP contribution is -2.01. The Morgan fingerprint density at radius 1 is 1.32 bits per heavy atom. The molecule has 1 aromatic carbocycles. The Morgan fingerprint density at radius 3 is 2.74 bits per heavy atom. The number of rotatable bonds is 8. The molecule has 1 rings (SSSR count). The lowest BCUT2D eigenvalue weighted by Gasteiger charge is -2.13. The van der Waals surface area contributed by atoms with E-state index in [2.05, 4.69) is 12.1 Å². The molecule has 0 aliphatic rings. The maximum atomic E-state index is 8.52. The van der Waals surface area contributed by atoms with Gasteiger partial charge in [0.1, 0.15) is 0 Å². The molecule has 1 aromatic rings. The summed E-state index contributed by atoms with van der Waals surface area (Å²) in [6, 6.07) is 3.39.